The van der Waals surface area contributed by atoms with Crippen LogP contribution >= 0.6 is 0 Å². The van der Waals surface area contributed by atoms with Crippen LogP contribution in [0.1, 0.15) is 29.3 Å². The number of rotatable bonds is 8. The number of nitrogens with zero attached hydrogens (tertiary/aromatic N) is 5. The van der Waals surface area contributed by atoms with E-state index in [-0.39, 0.29) is 23.6 Å². The van der Waals surface area contributed by atoms with Crippen LogP contribution in [0.4, 0.5) is 20.3 Å². The van der Waals surface area contributed by atoms with Gasteiger partial charge in [0, 0.05) is 67.8 Å². The van der Waals surface area contributed by atoms with Crippen LogP contribution < -0.4 is 15.8 Å². The molecule has 1 aliphatic heterocycles. The third kappa shape index (κ3) is 6.27. The number of imidazole rings is 1. The Kier molecular flexibility index (Phi) is 8.11. The van der Waals surface area contributed by atoms with Gasteiger partial charge in [-0.3, -0.25) is 14.0 Å². The quantitative estimate of drug-likeness (QED) is 0.332. The highest BCUT2D eigenvalue weighted by Crippen LogP contribution is 2.28. The number of anilines is 2. The maximum absolute atomic E-state index is 13.2. The van der Waals surface area contributed by atoms with E-state index in [2.05, 4.69) is 20.0 Å². The van der Waals surface area contributed by atoms with E-state index in [4.69, 9.17) is 5.73 Å². The van der Waals surface area contributed by atoms with Crippen LogP contribution in [0.15, 0.2) is 61.1 Å². The molecular weight excluding hydrogens is 532 g/mol. The molecular formula is C29H31F2N7O3. The molecule has 1 saturated heterocycles. The van der Waals surface area contributed by atoms with Crippen molar-refractivity contribution in [1.82, 2.24) is 24.2 Å². The number of carbonyl (C=O) groups is 2. The first kappa shape index (κ1) is 28.0. The van der Waals surface area contributed by atoms with Crippen LogP contribution in [0.25, 0.3) is 16.9 Å². The van der Waals surface area contributed by atoms with Gasteiger partial charge in [-0.2, -0.15) is 8.78 Å². The molecule has 0 spiro atoms. The largest absolute Gasteiger partial charge is 0.435 e. The second-order valence-electron chi connectivity index (χ2n) is 10.0. The number of hydrogen-bond donors (Lipinski definition) is 2. The molecule has 10 nitrogen and oxygen atoms in total. The molecule has 0 aliphatic carbocycles. The Morgan fingerprint density at radius 2 is 1.76 bits per heavy atom. The molecule has 12 heteroatoms. The summed E-state index contributed by atoms with van der Waals surface area (Å²) in [5.41, 5.74) is 9.99. The minimum atomic E-state index is -2.88. The highest BCUT2D eigenvalue weighted by molar-refractivity contribution is 5.96. The zero-order valence-electron chi connectivity index (χ0n) is 22.8. The zero-order chi connectivity index (χ0) is 29.1. The molecule has 2 amide bonds. The van der Waals surface area contributed by atoms with Crippen molar-refractivity contribution in [3.63, 3.8) is 0 Å². The fourth-order valence-electron chi connectivity index (χ4n) is 4.88. The van der Waals surface area contributed by atoms with E-state index in [1.165, 1.54) is 12.1 Å². The summed E-state index contributed by atoms with van der Waals surface area (Å²) in [6, 6.07) is 11.6. The van der Waals surface area contributed by atoms with Gasteiger partial charge in [0.1, 0.15) is 5.75 Å². The second kappa shape index (κ2) is 11.9. The number of nitrogens with one attached hydrogen (secondary N) is 1. The Bertz CT molecular complexity index is 1550. The third-order valence-electron chi connectivity index (χ3n) is 6.94. The van der Waals surface area contributed by atoms with Gasteiger partial charge in [-0.05, 0) is 61.9 Å². The molecule has 3 heterocycles. The number of hydrogen-bond acceptors (Lipinski definition) is 7. The molecule has 2 aromatic carbocycles. The Balaban J connectivity index is 1.28. The van der Waals surface area contributed by atoms with Crippen molar-refractivity contribution in [2.24, 2.45) is 5.73 Å². The lowest BCUT2D eigenvalue weighted by Crippen LogP contribution is -2.51. The summed E-state index contributed by atoms with van der Waals surface area (Å²) in [7, 11) is 0. The van der Waals surface area contributed by atoms with Gasteiger partial charge in [-0.15, -0.1) is 0 Å². The number of piperazine rings is 1. The van der Waals surface area contributed by atoms with Gasteiger partial charge in [-0.25, -0.2) is 9.97 Å². The third-order valence-corrected chi connectivity index (χ3v) is 6.94. The van der Waals surface area contributed by atoms with Gasteiger partial charge in [-0.1, -0.05) is 0 Å². The molecule has 1 unspecified atom stereocenters. The monoisotopic (exact) mass is 563 g/mol. The molecule has 214 valence electrons. The fraction of sp³-hybridized carbons (Fsp3) is 0.310. The topological polar surface area (TPSA) is 118 Å². The molecule has 2 aromatic heterocycles. The van der Waals surface area contributed by atoms with E-state index < -0.39 is 6.61 Å². The van der Waals surface area contributed by atoms with Crippen molar-refractivity contribution in [2.75, 3.05) is 31.5 Å². The van der Waals surface area contributed by atoms with E-state index in [9.17, 15) is 18.4 Å². The normalized spacial score (nSPS) is 14.4. The summed E-state index contributed by atoms with van der Waals surface area (Å²) in [5.74, 6) is 0.539. The molecule has 5 rings (SSSR count). The lowest BCUT2D eigenvalue weighted by Gasteiger charge is -2.35. The van der Waals surface area contributed by atoms with Crippen molar-refractivity contribution in [3.05, 3.63) is 72.2 Å². The maximum atomic E-state index is 13.2. The van der Waals surface area contributed by atoms with E-state index in [1.54, 1.807) is 53.5 Å². The SMILES string of the molecule is Cc1cc(Nc2nccn3c(-c4ccc(OC(F)F)cc4)cnc23)ccc1C(=O)N1CCN(C(=O)CC(C)N)CC1. The smallest absolute Gasteiger partial charge is 0.387 e. The Morgan fingerprint density at radius 1 is 1.05 bits per heavy atom. The number of alkyl halides is 2. The maximum Gasteiger partial charge on any atom is 0.387 e. The van der Waals surface area contributed by atoms with Crippen LogP contribution in [0.2, 0.25) is 0 Å². The van der Waals surface area contributed by atoms with Crippen LogP contribution in [-0.2, 0) is 4.79 Å². The Labute approximate surface area is 235 Å². The molecule has 3 N–H and O–H groups in total. The number of fused-ring (bicyclic) bond motifs is 1. The number of aromatic nitrogens is 3. The van der Waals surface area contributed by atoms with Gasteiger partial charge in [0.05, 0.1) is 11.9 Å². The van der Waals surface area contributed by atoms with Crippen molar-refractivity contribution < 1.29 is 23.1 Å². The van der Waals surface area contributed by atoms with Gasteiger partial charge >= 0.3 is 6.61 Å². The lowest BCUT2D eigenvalue weighted by molar-refractivity contribution is -0.132. The van der Waals surface area contributed by atoms with Gasteiger partial charge in [0.25, 0.3) is 5.91 Å². The molecule has 1 atom stereocenters. The minimum Gasteiger partial charge on any atom is -0.435 e. The van der Waals surface area contributed by atoms with Crippen LogP contribution in [0, 0.1) is 6.92 Å². The standard InChI is InChI=1S/C29H31F2N7O3/c1-18-15-21(5-8-23(18)28(40)37-13-11-36(12-14-37)25(39)16-19(2)32)35-26-27-34-17-24(38(27)10-9-33-26)20-3-6-22(7-4-20)41-29(30)31/h3-10,15,17,19,29H,11-14,16,32H2,1-2H3,(H,33,35). The predicted molar refractivity (Wildman–Crippen MR) is 150 cm³/mol. The van der Waals surface area contributed by atoms with E-state index in [0.717, 1.165) is 22.5 Å². The van der Waals surface area contributed by atoms with Crippen LogP contribution in [0.3, 0.4) is 0 Å². The van der Waals surface area contributed by atoms with Crippen molar-refractivity contribution >= 4 is 29.0 Å². The van der Waals surface area contributed by atoms with Crippen molar-refractivity contribution in [1.29, 1.82) is 0 Å². The summed E-state index contributed by atoms with van der Waals surface area (Å²) < 4.78 is 31.2. The Morgan fingerprint density at radius 3 is 2.41 bits per heavy atom. The summed E-state index contributed by atoms with van der Waals surface area (Å²) in [6.07, 6.45) is 5.39. The first-order chi connectivity index (χ1) is 19.7. The van der Waals surface area contributed by atoms with Crippen LogP contribution in [-0.4, -0.2) is 74.8 Å². The highest BCUT2D eigenvalue weighted by Gasteiger charge is 2.26. The Hall–Kier alpha value is -4.58. The molecule has 1 aliphatic rings. The molecule has 0 radical (unpaired) electrons. The number of carbonyl (C=O) groups excluding carboxylic acids is 2. The van der Waals surface area contributed by atoms with Gasteiger partial charge < -0.3 is 25.6 Å². The molecule has 0 saturated carbocycles. The number of aryl methyl sites for hydroxylation is 1. The highest BCUT2D eigenvalue weighted by atomic mass is 19.3. The second-order valence-corrected chi connectivity index (χ2v) is 10.0. The number of amides is 2. The number of ether oxygens (including phenoxy) is 1. The molecule has 0 bridgehead atoms. The zero-order valence-corrected chi connectivity index (χ0v) is 22.8. The van der Waals surface area contributed by atoms with E-state index in [1.807, 2.05) is 23.5 Å². The number of halogens is 2. The summed E-state index contributed by atoms with van der Waals surface area (Å²) in [4.78, 5) is 38.0. The van der Waals surface area contributed by atoms with Crippen molar-refractivity contribution in [3.8, 4) is 17.0 Å². The van der Waals surface area contributed by atoms with Gasteiger partial charge in [0.15, 0.2) is 11.5 Å². The number of nitrogens with two attached hydrogens (primary N) is 1. The predicted octanol–water partition coefficient (Wildman–Crippen LogP) is 4.07. The molecule has 1 fully saturated rings. The van der Waals surface area contributed by atoms with Crippen LogP contribution in [0.5, 0.6) is 5.75 Å². The lowest BCUT2D eigenvalue weighted by atomic mass is 10.1. The first-order valence-electron chi connectivity index (χ1n) is 13.3. The minimum absolute atomic E-state index is 0.0179. The average Bonchev–Trinajstić information content (AvgIpc) is 3.38. The van der Waals surface area contributed by atoms with E-state index in [0.29, 0.717) is 49.6 Å². The molecule has 4 aromatic rings. The fourth-order valence-corrected chi connectivity index (χ4v) is 4.88. The first-order valence-corrected chi connectivity index (χ1v) is 13.3. The molecule has 41 heavy (non-hydrogen) atoms. The van der Waals surface area contributed by atoms with E-state index >= 15 is 0 Å². The van der Waals surface area contributed by atoms with Crippen molar-refractivity contribution in [2.45, 2.75) is 32.9 Å². The average molecular weight is 564 g/mol. The summed E-state index contributed by atoms with van der Waals surface area (Å²) in [6.45, 7) is 2.73. The number of benzene rings is 2. The van der Waals surface area contributed by atoms with Gasteiger partial charge in [0.2, 0.25) is 5.91 Å². The summed E-state index contributed by atoms with van der Waals surface area (Å²) >= 11 is 0. The summed E-state index contributed by atoms with van der Waals surface area (Å²) in [5, 5.41) is 3.29.